The van der Waals surface area contributed by atoms with Gasteiger partial charge < -0.3 is 10.1 Å². The van der Waals surface area contributed by atoms with Crippen molar-refractivity contribution in [3.8, 4) is 0 Å². The predicted molar refractivity (Wildman–Crippen MR) is 183 cm³/mol. The van der Waals surface area contributed by atoms with Crippen LogP contribution >= 0.6 is 0 Å². The molecular weight excluding hydrogens is 616 g/mol. The van der Waals surface area contributed by atoms with E-state index in [0.717, 1.165) is 79.0 Å². The average molecular weight is 652 g/mol. The Kier molecular flexibility index (Phi) is 8.00. The third kappa shape index (κ3) is 5.57. The molecule has 0 amide bonds. The van der Waals surface area contributed by atoms with Crippen LogP contribution in [0.3, 0.4) is 0 Å². The molecule has 5 nitrogen and oxygen atoms in total. The molecule has 46 heavy (non-hydrogen) atoms. The van der Waals surface area contributed by atoms with Crippen LogP contribution in [0.2, 0.25) is 0 Å². The Hall–Kier alpha value is -4.51. The maximum atomic E-state index is 13.0. The van der Waals surface area contributed by atoms with Crippen LogP contribution in [0.15, 0.2) is 122 Å². The van der Waals surface area contributed by atoms with Crippen molar-refractivity contribution >= 4 is 28.3 Å². The van der Waals surface area contributed by atoms with Gasteiger partial charge in [-0.05, 0) is 97.0 Å². The Labute approximate surface area is 281 Å². The third-order valence-corrected chi connectivity index (χ3v) is 8.94. The van der Waals surface area contributed by atoms with Crippen molar-refractivity contribution in [2.24, 2.45) is 20.4 Å². The van der Waals surface area contributed by atoms with Gasteiger partial charge >= 0.3 is 17.1 Å². The van der Waals surface area contributed by atoms with E-state index in [-0.39, 0.29) is 28.2 Å². The van der Waals surface area contributed by atoms with E-state index >= 15 is 0 Å². The Morgan fingerprint density at radius 2 is 1.43 bits per heavy atom. The van der Waals surface area contributed by atoms with Gasteiger partial charge in [-0.1, -0.05) is 80.4 Å². The van der Waals surface area contributed by atoms with Crippen LogP contribution in [0.4, 0.5) is 0 Å². The van der Waals surface area contributed by atoms with E-state index in [0.29, 0.717) is 11.3 Å². The van der Waals surface area contributed by atoms with Crippen LogP contribution in [0.25, 0.3) is 11.1 Å². The van der Waals surface area contributed by atoms with Gasteiger partial charge in [0.2, 0.25) is 0 Å². The van der Waals surface area contributed by atoms with Gasteiger partial charge in [0.1, 0.15) is 0 Å². The molecule has 1 aromatic heterocycles. The third-order valence-electron chi connectivity index (χ3n) is 8.94. The second kappa shape index (κ2) is 11.7. The number of rotatable bonds is 2. The SMILES string of the molecule is C/C([O-])=C1/C=C2N=C1C=C1CC(C)(C)C(=N1)C=C1C=CC(=N1)C(c1ccc(C)cc1)=c1ccc([n-]1)=C2c1c(C)cc(C)cc1C.[Cu+2]. The summed E-state index contributed by atoms with van der Waals surface area (Å²) in [5, 5.41) is 14.7. The molecular formula is C40H36CuN4O. The molecule has 0 unspecified atom stereocenters. The predicted octanol–water partition coefficient (Wildman–Crippen LogP) is 5.91. The minimum atomic E-state index is -0.191. The molecule has 4 aliphatic rings. The number of fused-ring (bicyclic) bond motifs is 5. The van der Waals surface area contributed by atoms with Crippen molar-refractivity contribution in [2.45, 2.75) is 54.9 Å². The quantitative estimate of drug-likeness (QED) is 0.255. The fraction of sp³-hybridized carbons (Fsp3) is 0.225. The van der Waals surface area contributed by atoms with Gasteiger partial charge in [-0.25, -0.2) is 9.98 Å². The molecule has 4 aliphatic heterocycles. The molecule has 0 spiro atoms. The fourth-order valence-electron chi connectivity index (χ4n) is 6.80. The zero-order valence-electron chi connectivity index (χ0n) is 27.2. The van der Waals surface area contributed by atoms with Gasteiger partial charge in [-0.2, -0.15) is 0 Å². The average Bonchev–Trinajstić information content (AvgIpc) is 3.75. The van der Waals surface area contributed by atoms with Crippen molar-refractivity contribution in [3.05, 3.63) is 151 Å². The van der Waals surface area contributed by atoms with Crippen LogP contribution < -0.4 is 20.8 Å². The van der Waals surface area contributed by atoms with E-state index in [9.17, 15) is 5.11 Å². The number of aliphatic imine (C=N–C) groups is 3. The standard InChI is InChI=1S/C40H37N4O.Cu/c1-22-8-10-27(11-9-22)38-31-13-12-28(41-31)19-36-40(6,7)21-29(42-36)18-34-30(26(5)45)20-35(44-34)39(33-15-14-32(38)43-33)37-24(3)16-23(2)17-25(37)4;/h8-20H,21H2,1-7H3,(H-,41,42,43,44,45);/q-1;+2/p-1. The number of nitrogens with zero attached hydrogens (tertiary/aromatic N) is 4. The van der Waals surface area contributed by atoms with E-state index in [1.807, 2.05) is 12.2 Å². The molecule has 233 valence electrons. The van der Waals surface area contributed by atoms with E-state index in [1.54, 1.807) is 6.92 Å². The summed E-state index contributed by atoms with van der Waals surface area (Å²) in [5.41, 5.74) is 14.1. The van der Waals surface area contributed by atoms with Crippen molar-refractivity contribution in [1.82, 2.24) is 4.98 Å². The van der Waals surface area contributed by atoms with Gasteiger partial charge in [0.25, 0.3) is 0 Å². The Morgan fingerprint density at radius 1 is 0.761 bits per heavy atom. The second-order valence-corrected chi connectivity index (χ2v) is 13.2. The van der Waals surface area contributed by atoms with Crippen molar-refractivity contribution in [2.75, 3.05) is 0 Å². The van der Waals surface area contributed by atoms with Crippen LogP contribution in [0.1, 0.15) is 60.6 Å². The molecule has 7 rings (SSSR count). The molecule has 2 aromatic carbocycles. The molecule has 3 aromatic rings. The summed E-state index contributed by atoms with van der Waals surface area (Å²) in [5.74, 6) is -0.0254. The van der Waals surface area contributed by atoms with Gasteiger partial charge in [0, 0.05) is 23.2 Å². The monoisotopic (exact) mass is 651 g/mol. The van der Waals surface area contributed by atoms with Gasteiger partial charge in [-0.15, -0.1) is 16.5 Å². The maximum Gasteiger partial charge on any atom is 2.00 e. The number of aromatic nitrogens is 1. The maximum absolute atomic E-state index is 13.0. The largest absolute Gasteiger partial charge is 2.00 e. The molecule has 0 N–H and O–H groups in total. The first kappa shape index (κ1) is 31.5. The van der Waals surface area contributed by atoms with E-state index in [2.05, 4.69) is 108 Å². The molecule has 5 heterocycles. The van der Waals surface area contributed by atoms with Crippen LogP contribution in [-0.4, -0.2) is 17.1 Å². The number of aryl methyl sites for hydroxylation is 4. The molecule has 0 aliphatic carbocycles. The molecule has 6 heteroatoms. The first-order valence-electron chi connectivity index (χ1n) is 15.5. The summed E-state index contributed by atoms with van der Waals surface area (Å²) in [6.07, 6.45) is 10.9. The Morgan fingerprint density at radius 3 is 2.11 bits per heavy atom. The van der Waals surface area contributed by atoms with Crippen LogP contribution in [0, 0.1) is 33.1 Å². The Balaban J connectivity index is 0.00000372. The van der Waals surface area contributed by atoms with Crippen LogP contribution in [0.5, 0.6) is 0 Å². The Bertz CT molecular complexity index is 2160. The topological polar surface area (TPSA) is 74.2 Å². The summed E-state index contributed by atoms with van der Waals surface area (Å²) in [6.45, 7) is 14.5. The van der Waals surface area contributed by atoms with E-state index < -0.39 is 0 Å². The smallest absolute Gasteiger partial charge is 0.875 e. The van der Waals surface area contributed by atoms with Gasteiger partial charge in [0.15, 0.2) is 0 Å². The number of benzene rings is 2. The number of hydrogen-bond acceptors (Lipinski definition) is 4. The van der Waals surface area contributed by atoms with E-state index in [1.165, 1.54) is 11.1 Å². The molecule has 8 bridgehead atoms. The summed E-state index contributed by atoms with van der Waals surface area (Å²) < 4.78 is 0. The second-order valence-electron chi connectivity index (χ2n) is 13.2. The zero-order chi connectivity index (χ0) is 31.6. The number of hydrogen-bond donors (Lipinski definition) is 0. The van der Waals surface area contributed by atoms with Crippen molar-refractivity contribution in [1.29, 1.82) is 0 Å². The first-order chi connectivity index (χ1) is 21.5. The minimum absolute atomic E-state index is 0. The fourth-order valence-corrected chi connectivity index (χ4v) is 6.80. The summed E-state index contributed by atoms with van der Waals surface area (Å²) in [7, 11) is 0. The van der Waals surface area contributed by atoms with Crippen LogP contribution in [-0.2, 0) is 17.1 Å². The minimum Gasteiger partial charge on any atom is -0.875 e. The normalized spacial score (nSPS) is 19.2. The molecule has 0 atom stereocenters. The van der Waals surface area contributed by atoms with Crippen molar-refractivity contribution in [3.63, 3.8) is 0 Å². The summed E-state index contributed by atoms with van der Waals surface area (Å²) in [4.78, 5) is 20.6. The summed E-state index contributed by atoms with van der Waals surface area (Å²) >= 11 is 0. The molecule has 1 radical (unpaired) electrons. The van der Waals surface area contributed by atoms with Gasteiger partial charge in [-0.3, -0.25) is 4.99 Å². The number of allylic oxidation sites excluding steroid dienone is 9. The zero-order valence-corrected chi connectivity index (χ0v) is 28.2. The van der Waals surface area contributed by atoms with E-state index in [4.69, 9.17) is 20.0 Å². The summed E-state index contributed by atoms with van der Waals surface area (Å²) in [6, 6.07) is 17.1. The van der Waals surface area contributed by atoms with Crippen molar-refractivity contribution < 1.29 is 22.2 Å². The van der Waals surface area contributed by atoms with Gasteiger partial charge in [0.05, 0.1) is 22.8 Å². The first-order valence-corrected chi connectivity index (χ1v) is 15.5. The molecule has 0 fully saturated rings. The molecule has 0 saturated carbocycles. The molecule has 0 saturated heterocycles.